The quantitative estimate of drug-likeness (QED) is 0.802. The van der Waals surface area contributed by atoms with Crippen LogP contribution in [0.5, 0.6) is 5.75 Å². The fraction of sp³-hybridized carbons (Fsp3) is 0.476. The van der Waals surface area contributed by atoms with Crippen molar-refractivity contribution < 1.29 is 14.7 Å². The molecule has 1 aliphatic rings. The van der Waals surface area contributed by atoms with Gasteiger partial charge in [-0.15, -0.1) is 0 Å². The third-order valence-electron chi connectivity index (χ3n) is 5.18. The Labute approximate surface area is 165 Å². The molecule has 2 N–H and O–H groups in total. The van der Waals surface area contributed by atoms with E-state index in [9.17, 15) is 14.7 Å². The Morgan fingerprint density at radius 1 is 1.21 bits per heavy atom. The Hall–Kier alpha value is -2.83. The summed E-state index contributed by atoms with van der Waals surface area (Å²) in [5.74, 6) is -0.0707. The Morgan fingerprint density at radius 3 is 2.57 bits per heavy atom. The summed E-state index contributed by atoms with van der Waals surface area (Å²) in [4.78, 5) is 26.3. The lowest BCUT2D eigenvalue weighted by Crippen LogP contribution is -2.47. The molecular weight excluding hydrogens is 356 g/mol. The van der Waals surface area contributed by atoms with Gasteiger partial charge < -0.3 is 15.3 Å². The normalized spacial score (nSPS) is 15.7. The van der Waals surface area contributed by atoms with Crippen molar-refractivity contribution in [3.8, 4) is 11.4 Å². The summed E-state index contributed by atoms with van der Waals surface area (Å²) in [6, 6.07) is 7.75. The molecule has 0 saturated carbocycles. The van der Waals surface area contributed by atoms with Crippen LogP contribution < -0.4 is 5.32 Å². The first kappa shape index (κ1) is 19.9. The molecule has 7 heteroatoms. The van der Waals surface area contributed by atoms with Gasteiger partial charge in [0, 0.05) is 25.6 Å². The molecule has 1 aromatic heterocycles. The smallest absolute Gasteiger partial charge is 0.275 e. The average molecular weight is 384 g/mol. The molecule has 0 aliphatic carbocycles. The predicted octanol–water partition coefficient (Wildman–Crippen LogP) is 2.83. The number of aromatic hydroxyl groups is 1. The van der Waals surface area contributed by atoms with E-state index in [0.717, 1.165) is 25.1 Å². The highest BCUT2D eigenvalue weighted by Crippen LogP contribution is 2.21. The van der Waals surface area contributed by atoms with Crippen molar-refractivity contribution in [3.63, 3.8) is 0 Å². The maximum Gasteiger partial charge on any atom is 0.275 e. The highest BCUT2D eigenvalue weighted by atomic mass is 16.3. The predicted molar refractivity (Wildman–Crippen MR) is 107 cm³/mol. The van der Waals surface area contributed by atoms with E-state index in [0.29, 0.717) is 18.9 Å². The molecule has 0 spiro atoms. The van der Waals surface area contributed by atoms with Gasteiger partial charge in [0.05, 0.1) is 11.9 Å². The number of benzene rings is 1. The van der Waals surface area contributed by atoms with Gasteiger partial charge >= 0.3 is 0 Å². The SMILES string of the molecule is CC(C)c1ccc(-n2cc(O)c(C(=O)NC[C@@H](C)N3CCCCC3=O)n2)cc1. The first-order valence-electron chi connectivity index (χ1n) is 9.83. The molecule has 7 nitrogen and oxygen atoms in total. The van der Waals surface area contributed by atoms with Crippen LogP contribution in [-0.4, -0.2) is 50.7 Å². The number of rotatable bonds is 6. The Kier molecular flexibility index (Phi) is 6.02. The molecule has 28 heavy (non-hydrogen) atoms. The fourth-order valence-corrected chi connectivity index (χ4v) is 3.40. The molecule has 2 amide bonds. The standard InChI is InChI=1S/C21H28N4O3/c1-14(2)16-7-9-17(10-8-16)25-13-18(26)20(23-25)21(28)22-12-15(3)24-11-5-4-6-19(24)27/h7-10,13-15,26H,4-6,11-12H2,1-3H3,(H,22,28)/t15-/m1/s1. The second kappa shape index (κ2) is 8.46. The van der Waals surface area contributed by atoms with Gasteiger partial charge in [-0.3, -0.25) is 9.59 Å². The van der Waals surface area contributed by atoms with Crippen molar-refractivity contribution in [2.45, 2.75) is 52.0 Å². The molecule has 2 aromatic rings. The van der Waals surface area contributed by atoms with Gasteiger partial charge in [0.25, 0.3) is 5.91 Å². The molecular formula is C21H28N4O3. The highest BCUT2D eigenvalue weighted by Gasteiger charge is 2.24. The second-order valence-electron chi connectivity index (χ2n) is 7.66. The van der Waals surface area contributed by atoms with Crippen LogP contribution in [0.25, 0.3) is 5.69 Å². The van der Waals surface area contributed by atoms with Crippen LogP contribution in [0.4, 0.5) is 0 Å². The zero-order chi connectivity index (χ0) is 20.3. The van der Waals surface area contributed by atoms with Crippen molar-refractivity contribution >= 4 is 11.8 Å². The van der Waals surface area contributed by atoms with Gasteiger partial charge in [-0.1, -0.05) is 26.0 Å². The lowest BCUT2D eigenvalue weighted by atomic mass is 10.0. The van der Waals surface area contributed by atoms with Gasteiger partial charge in [0.2, 0.25) is 5.91 Å². The number of carbonyl (C=O) groups is 2. The van der Waals surface area contributed by atoms with E-state index in [1.54, 1.807) is 4.90 Å². The Balaban J connectivity index is 1.65. The van der Waals surface area contributed by atoms with Gasteiger partial charge in [0.1, 0.15) is 0 Å². The number of carbonyl (C=O) groups excluding carboxylic acids is 2. The zero-order valence-electron chi connectivity index (χ0n) is 16.7. The average Bonchev–Trinajstić information content (AvgIpc) is 3.08. The van der Waals surface area contributed by atoms with Crippen molar-refractivity contribution in [1.82, 2.24) is 20.0 Å². The van der Waals surface area contributed by atoms with Crippen LogP contribution in [0.2, 0.25) is 0 Å². The molecule has 1 atom stereocenters. The van der Waals surface area contributed by atoms with Crippen LogP contribution in [-0.2, 0) is 4.79 Å². The summed E-state index contributed by atoms with van der Waals surface area (Å²) in [6.45, 7) is 7.20. The molecule has 0 unspecified atom stereocenters. The van der Waals surface area contributed by atoms with E-state index >= 15 is 0 Å². The second-order valence-corrected chi connectivity index (χ2v) is 7.66. The molecule has 1 fully saturated rings. The van der Waals surface area contributed by atoms with Gasteiger partial charge in [0.15, 0.2) is 11.4 Å². The summed E-state index contributed by atoms with van der Waals surface area (Å²) in [5, 5.41) is 17.2. The fourth-order valence-electron chi connectivity index (χ4n) is 3.40. The van der Waals surface area contributed by atoms with E-state index in [1.807, 2.05) is 31.2 Å². The lowest BCUT2D eigenvalue weighted by molar-refractivity contribution is -0.135. The van der Waals surface area contributed by atoms with E-state index < -0.39 is 5.91 Å². The number of amides is 2. The minimum atomic E-state index is -0.452. The van der Waals surface area contributed by atoms with Crippen LogP contribution >= 0.6 is 0 Å². The molecule has 2 heterocycles. The van der Waals surface area contributed by atoms with E-state index in [-0.39, 0.29) is 23.4 Å². The minimum absolute atomic E-state index is 0.0230. The number of hydrogen-bond donors (Lipinski definition) is 2. The third-order valence-corrected chi connectivity index (χ3v) is 5.18. The molecule has 150 valence electrons. The third kappa shape index (κ3) is 4.35. The first-order valence-corrected chi connectivity index (χ1v) is 9.83. The van der Waals surface area contributed by atoms with Gasteiger partial charge in [-0.05, 0) is 43.4 Å². The maximum atomic E-state index is 12.5. The summed E-state index contributed by atoms with van der Waals surface area (Å²) >= 11 is 0. The van der Waals surface area contributed by atoms with Crippen molar-refractivity contribution in [3.05, 3.63) is 41.7 Å². The van der Waals surface area contributed by atoms with Crippen LogP contribution in [0.15, 0.2) is 30.5 Å². The summed E-state index contributed by atoms with van der Waals surface area (Å²) in [5.41, 5.74) is 1.95. The number of hydrogen-bond acceptors (Lipinski definition) is 4. The molecule has 0 bridgehead atoms. The molecule has 1 aliphatic heterocycles. The number of piperidine rings is 1. The zero-order valence-corrected chi connectivity index (χ0v) is 16.7. The molecule has 0 radical (unpaired) electrons. The highest BCUT2D eigenvalue weighted by molar-refractivity contribution is 5.94. The number of likely N-dealkylation sites (tertiary alicyclic amines) is 1. The Bertz CT molecular complexity index is 842. The molecule has 1 aromatic carbocycles. The lowest BCUT2D eigenvalue weighted by Gasteiger charge is -2.32. The van der Waals surface area contributed by atoms with Crippen molar-refractivity contribution in [1.29, 1.82) is 0 Å². The molecule has 1 saturated heterocycles. The summed E-state index contributed by atoms with van der Waals surface area (Å²) < 4.78 is 1.49. The number of nitrogens with zero attached hydrogens (tertiary/aromatic N) is 3. The summed E-state index contributed by atoms with van der Waals surface area (Å²) in [6.07, 6.45) is 3.92. The maximum absolute atomic E-state index is 12.5. The topological polar surface area (TPSA) is 87.5 Å². The minimum Gasteiger partial charge on any atom is -0.504 e. The van der Waals surface area contributed by atoms with Gasteiger partial charge in [-0.25, -0.2) is 4.68 Å². The van der Waals surface area contributed by atoms with Crippen molar-refractivity contribution in [2.24, 2.45) is 0 Å². The number of nitrogens with one attached hydrogen (secondary N) is 1. The monoisotopic (exact) mass is 384 g/mol. The van der Waals surface area contributed by atoms with Crippen LogP contribution in [0.1, 0.15) is 62.0 Å². The Morgan fingerprint density at radius 2 is 1.93 bits per heavy atom. The van der Waals surface area contributed by atoms with Crippen molar-refractivity contribution in [2.75, 3.05) is 13.1 Å². The van der Waals surface area contributed by atoms with Crippen LogP contribution in [0, 0.1) is 0 Å². The van der Waals surface area contributed by atoms with Gasteiger partial charge in [-0.2, -0.15) is 5.10 Å². The number of aromatic nitrogens is 2. The first-order chi connectivity index (χ1) is 13.4. The van der Waals surface area contributed by atoms with E-state index in [2.05, 4.69) is 24.3 Å². The van der Waals surface area contributed by atoms with Crippen LogP contribution in [0.3, 0.4) is 0 Å². The largest absolute Gasteiger partial charge is 0.504 e. The van der Waals surface area contributed by atoms with E-state index in [1.165, 1.54) is 16.4 Å². The molecule has 3 rings (SSSR count). The van der Waals surface area contributed by atoms with E-state index in [4.69, 9.17) is 0 Å². The summed E-state index contributed by atoms with van der Waals surface area (Å²) in [7, 11) is 0.